The van der Waals surface area contributed by atoms with Crippen molar-refractivity contribution in [2.24, 2.45) is 11.7 Å². The Kier molecular flexibility index (Phi) is 35.3. The minimum absolute atomic E-state index is 0.715. The SMILES string of the molecule is C=CC(C)CCCCCCCCCCCCCCC.C=CN.CC. The molecule has 0 aromatic carbocycles. The average molecular weight is 340 g/mol. The van der Waals surface area contributed by atoms with E-state index in [1.165, 1.54) is 96.1 Å². The van der Waals surface area contributed by atoms with E-state index in [0.717, 1.165) is 0 Å². The van der Waals surface area contributed by atoms with Crippen molar-refractivity contribution in [2.45, 2.75) is 118 Å². The first-order valence-corrected chi connectivity index (χ1v) is 10.7. The van der Waals surface area contributed by atoms with Crippen LogP contribution in [0.25, 0.3) is 0 Å². The van der Waals surface area contributed by atoms with Crippen molar-refractivity contribution in [1.29, 1.82) is 0 Å². The van der Waals surface area contributed by atoms with Crippen LogP contribution in [0.4, 0.5) is 0 Å². The topological polar surface area (TPSA) is 26.0 Å². The number of unbranched alkanes of at least 4 members (excludes halogenated alkanes) is 12. The van der Waals surface area contributed by atoms with Gasteiger partial charge in [0.25, 0.3) is 0 Å². The predicted molar refractivity (Wildman–Crippen MR) is 115 cm³/mol. The van der Waals surface area contributed by atoms with Gasteiger partial charge in [-0.25, -0.2) is 0 Å². The van der Waals surface area contributed by atoms with Gasteiger partial charge in [-0.2, -0.15) is 0 Å². The van der Waals surface area contributed by atoms with Gasteiger partial charge in [0.1, 0.15) is 0 Å². The highest BCUT2D eigenvalue weighted by molar-refractivity contribution is 4.74. The number of nitrogens with two attached hydrogens (primary N) is 1. The molecule has 0 spiro atoms. The third-order valence-electron chi connectivity index (χ3n) is 4.17. The van der Waals surface area contributed by atoms with Gasteiger partial charge in [-0.3, -0.25) is 0 Å². The van der Waals surface area contributed by atoms with Gasteiger partial charge in [-0.05, 0) is 18.5 Å². The maximum atomic E-state index is 4.61. The highest BCUT2D eigenvalue weighted by atomic mass is 14.5. The molecule has 0 aliphatic rings. The Morgan fingerprint density at radius 3 is 1.29 bits per heavy atom. The maximum Gasteiger partial charge on any atom is -0.0136 e. The fourth-order valence-corrected chi connectivity index (χ4v) is 2.60. The quantitative estimate of drug-likeness (QED) is 0.235. The van der Waals surface area contributed by atoms with Crippen LogP contribution in [-0.4, -0.2) is 0 Å². The van der Waals surface area contributed by atoms with Crippen molar-refractivity contribution >= 4 is 0 Å². The Morgan fingerprint density at radius 2 is 1.00 bits per heavy atom. The molecular weight excluding hydrogens is 290 g/mol. The Hall–Kier alpha value is -0.720. The predicted octanol–water partition coefficient (Wildman–Crippen LogP) is 8.40. The molecule has 0 heterocycles. The van der Waals surface area contributed by atoms with E-state index in [4.69, 9.17) is 0 Å². The zero-order chi connectivity index (χ0) is 18.9. The molecule has 1 nitrogen and oxygen atoms in total. The molecule has 0 radical (unpaired) electrons. The second kappa shape index (κ2) is 30.2. The maximum absolute atomic E-state index is 4.61. The van der Waals surface area contributed by atoms with E-state index >= 15 is 0 Å². The van der Waals surface area contributed by atoms with Crippen LogP contribution >= 0.6 is 0 Å². The number of hydrogen-bond acceptors (Lipinski definition) is 1. The summed E-state index contributed by atoms with van der Waals surface area (Å²) in [7, 11) is 0. The first-order valence-electron chi connectivity index (χ1n) is 10.7. The largest absolute Gasteiger partial charge is 0.405 e. The van der Waals surface area contributed by atoms with Crippen LogP contribution in [0.15, 0.2) is 25.4 Å². The lowest BCUT2D eigenvalue weighted by molar-refractivity contribution is 0.520. The minimum Gasteiger partial charge on any atom is -0.405 e. The van der Waals surface area contributed by atoms with Crippen LogP contribution in [-0.2, 0) is 0 Å². The Bertz CT molecular complexity index is 210. The molecule has 0 aliphatic heterocycles. The van der Waals surface area contributed by atoms with Crippen molar-refractivity contribution in [3.05, 3.63) is 25.4 Å². The highest BCUT2D eigenvalue weighted by Gasteiger charge is 1.96. The molecule has 1 atom stereocenters. The average Bonchev–Trinajstić information content (AvgIpc) is 2.61. The van der Waals surface area contributed by atoms with Crippen LogP contribution in [0.1, 0.15) is 118 Å². The van der Waals surface area contributed by atoms with Crippen molar-refractivity contribution in [2.75, 3.05) is 0 Å². The van der Waals surface area contributed by atoms with Gasteiger partial charge in [-0.15, -0.1) is 6.58 Å². The Morgan fingerprint density at radius 1 is 0.708 bits per heavy atom. The zero-order valence-electron chi connectivity index (χ0n) is 17.6. The van der Waals surface area contributed by atoms with Crippen molar-refractivity contribution < 1.29 is 0 Å². The fraction of sp³-hybridized carbons (Fsp3) is 0.826. The second-order valence-electron chi connectivity index (χ2n) is 6.48. The molecule has 0 fully saturated rings. The van der Waals surface area contributed by atoms with Gasteiger partial charge in [0.2, 0.25) is 0 Å². The molecule has 0 rings (SSSR count). The van der Waals surface area contributed by atoms with Gasteiger partial charge in [-0.1, -0.05) is 124 Å². The van der Waals surface area contributed by atoms with Gasteiger partial charge < -0.3 is 5.73 Å². The highest BCUT2D eigenvalue weighted by Crippen LogP contribution is 2.14. The molecule has 0 saturated carbocycles. The van der Waals surface area contributed by atoms with Crippen LogP contribution in [0.2, 0.25) is 0 Å². The number of allylic oxidation sites excluding steroid dienone is 1. The molecule has 1 heteroatoms. The summed E-state index contributed by atoms with van der Waals surface area (Å²) in [6.07, 6.45) is 23.5. The molecule has 24 heavy (non-hydrogen) atoms. The summed E-state index contributed by atoms with van der Waals surface area (Å²) < 4.78 is 0. The molecular formula is C23H49N. The van der Waals surface area contributed by atoms with Crippen molar-refractivity contribution in [3.8, 4) is 0 Å². The minimum atomic E-state index is 0.715. The van der Waals surface area contributed by atoms with Gasteiger partial charge in [0, 0.05) is 0 Å². The van der Waals surface area contributed by atoms with E-state index in [9.17, 15) is 0 Å². The van der Waals surface area contributed by atoms with Crippen LogP contribution in [0.5, 0.6) is 0 Å². The Labute approximate surface area is 155 Å². The first-order chi connectivity index (χ1) is 11.7. The standard InChI is InChI=1S/C19H38.C2H5N.C2H6/c1-4-6-7-8-9-10-11-12-13-14-15-16-17-18-19(3)5-2;1-2-3;1-2/h5,19H,2,4,6-18H2,1,3H3;2H,1,3H2;1-2H3. The summed E-state index contributed by atoms with van der Waals surface area (Å²) in [6.45, 7) is 15.5. The van der Waals surface area contributed by atoms with Crippen LogP contribution in [0, 0.1) is 5.92 Å². The van der Waals surface area contributed by atoms with Crippen LogP contribution in [0.3, 0.4) is 0 Å². The first kappa shape index (κ1) is 28.1. The molecule has 0 saturated heterocycles. The smallest absolute Gasteiger partial charge is 0.0136 e. The summed E-state index contributed by atoms with van der Waals surface area (Å²) in [5.41, 5.74) is 4.61. The molecule has 1 unspecified atom stereocenters. The normalized spacial score (nSPS) is 10.7. The summed E-state index contributed by atoms with van der Waals surface area (Å²) in [5.74, 6) is 0.715. The van der Waals surface area contributed by atoms with E-state index < -0.39 is 0 Å². The van der Waals surface area contributed by atoms with Gasteiger partial charge in [0.15, 0.2) is 0 Å². The lowest BCUT2D eigenvalue weighted by atomic mass is 10.0. The molecule has 0 aromatic rings. The molecule has 0 bridgehead atoms. The second-order valence-corrected chi connectivity index (χ2v) is 6.48. The third-order valence-corrected chi connectivity index (χ3v) is 4.17. The molecule has 0 aliphatic carbocycles. The lowest BCUT2D eigenvalue weighted by Crippen LogP contribution is -1.89. The summed E-state index contributed by atoms with van der Waals surface area (Å²) in [4.78, 5) is 0. The molecule has 2 N–H and O–H groups in total. The lowest BCUT2D eigenvalue weighted by Gasteiger charge is -2.05. The van der Waals surface area contributed by atoms with E-state index in [1.807, 2.05) is 13.8 Å². The van der Waals surface area contributed by atoms with Gasteiger partial charge >= 0.3 is 0 Å². The van der Waals surface area contributed by atoms with Crippen molar-refractivity contribution in [1.82, 2.24) is 0 Å². The summed E-state index contributed by atoms with van der Waals surface area (Å²) in [5, 5.41) is 0. The van der Waals surface area contributed by atoms with Crippen molar-refractivity contribution in [3.63, 3.8) is 0 Å². The Balaban J connectivity index is -0.000000786. The molecule has 146 valence electrons. The van der Waals surface area contributed by atoms with Gasteiger partial charge in [0.05, 0.1) is 0 Å². The van der Waals surface area contributed by atoms with E-state index in [0.29, 0.717) is 5.92 Å². The molecule has 0 amide bonds. The van der Waals surface area contributed by atoms with E-state index in [2.05, 4.69) is 38.8 Å². The number of hydrogen-bond donors (Lipinski definition) is 1. The van der Waals surface area contributed by atoms with E-state index in [1.54, 1.807) is 0 Å². The summed E-state index contributed by atoms with van der Waals surface area (Å²) >= 11 is 0. The monoisotopic (exact) mass is 339 g/mol. The van der Waals surface area contributed by atoms with E-state index in [-0.39, 0.29) is 0 Å². The third kappa shape index (κ3) is 33.0. The fourth-order valence-electron chi connectivity index (χ4n) is 2.60. The van der Waals surface area contributed by atoms with Crippen LogP contribution < -0.4 is 5.73 Å². The summed E-state index contributed by atoms with van der Waals surface area (Å²) in [6, 6.07) is 0. The molecule has 0 aromatic heterocycles. The zero-order valence-corrected chi connectivity index (χ0v) is 17.6. The number of rotatable bonds is 15.